The normalized spacial score (nSPS) is 13.2. The number of rotatable bonds is 14. The lowest BCUT2D eigenvalue weighted by molar-refractivity contribution is -0.0258. The minimum Gasteiger partial charge on any atom is -0.392 e. The minimum absolute atomic E-state index is 0.0574. The molecule has 7 nitrogen and oxygen atoms in total. The SMILES string of the molecule is CC(O)C(O)C(Cc1ccccc1)N(Cc1ccc(CO)cc1)C(=O)N(CCc1ccccc1)Cc1ccc(CO)cc1. The van der Waals surface area contributed by atoms with Gasteiger partial charge in [-0.15, -0.1) is 0 Å². The summed E-state index contributed by atoms with van der Waals surface area (Å²) >= 11 is 0. The Hall–Kier alpha value is -4.01. The highest BCUT2D eigenvalue weighted by Gasteiger charge is 2.35. The molecule has 4 aromatic rings. The van der Waals surface area contributed by atoms with Crippen LogP contribution in [0.2, 0.25) is 0 Å². The van der Waals surface area contributed by atoms with E-state index < -0.39 is 18.2 Å². The van der Waals surface area contributed by atoms with Crippen molar-refractivity contribution in [2.75, 3.05) is 6.54 Å². The summed E-state index contributed by atoms with van der Waals surface area (Å²) in [4.78, 5) is 18.1. The zero-order valence-electron chi connectivity index (χ0n) is 24.7. The van der Waals surface area contributed by atoms with Gasteiger partial charge in [-0.25, -0.2) is 4.79 Å². The van der Waals surface area contributed by atoms with Gasteiger partial charge in [-0.2, -0.15) is 0 Å². The van der Waals surface area contributed by atoms with Crippen molar-refractivity contribution in [2.24, 2.45) is 0 Å². The van der Waals surface area contributed by atoms with E-state index >= 15 is 0 Å². The third-order valence-electron chi connectivity index (χ3n) is 7.74. The smallest absolute Gasteiger partial charge is 0.320 e. The molecule has 4 N–H and O–H groups in total. The van der Waals surface area contributed by atoms with Crippen molar-refractivity contribution in [3.63, 3.8) is 0 Å². The zero-order chi connectivity index (χ0) is 30.6. The molecule has 4 rings (SSSR count). The van der Waals surface area contributed by atoms with Gasteiger partial charge >= 0.3 is 6.03 Å². The number of amides is 2. The van der Waals surface area contributed by atoms with Crippen molar-refractivity contribution in [3.8, 4) is 0 Å². The van der Waals surface area contributed by atoms with E-state index in [9.17, 15) is 25.2 Å². The zero-order valence-corrected chi connectivity index (χ0v) is 24.7. The van der Waals surface area contributed by atoms with Crippen LogP contribution in [0.5, 0.6) is 0 Å². The first-order chi connectivity index (χ1) is 20.9. The Balaban J connectivity index is 1.72. The molecule has 3 atom stereocenters. The molecule has 0 saturated heterocycles. The molecule has 0 spiro atoms. The molecule has 0 heterocycles. The minimum atomic E-state index is -1.19. The highest BCUT2D eigenvalue weighted by atomic mass is 16.3. The van der Waals surface area contributed by atoms with Gasteiger partial charge in [0.2, 0.25) is 0 Å². The Kier molecular flexibility index (Phi) is 11.9. The fraction of sp³-hybridized carbons (Fsp3) is 0.306. The van der Waals surface area contributed by atoms with Gasteiger partial charge in [-0.05, 0) is 53.1 Å². The lowest BCUT2D eigenvalue weighted by atomic mass is 9.96. The van der Waals surface area contributed by atoms with Crippen LogP contribution in [0.25, 0.3) is 0 Å². The van der Waals surface area contributed by atoms with Crippen molar-refractivity contribution < 1.29 is 25.2 Å². The molecule has 43 heavy (non-hydrogen) atoms. The van der Waals surface area contributed by atoms with Crippen LogP contribution in [0.1, 0.15) is 40.3 Å². The van der Waals surface area contributed by atoms with Crippen LogP contribution in [-0.2, 0) is 39.1 Å². The molecule has 0 aromatic heterocycles. The number of benzene rings is 4. The van der Waals surface area contributed by atoms with Crippen LogP contribution in [0.4, 0.5) is 4.79 Å². The van der Waals surface area contributed by atoms with Gasteiger partial charge in [0, 0.05) is 19.6 Å². The molecule has 0 saturated carbocycles. The highest BCUT2D eigenvalue weighted by molar-refractivity contribution is 5.75. The van der Waals surface area contributed by atoms with E-state index in [0.29, 0.717) is 25.9 Å². The van der Waals surface area contributed by atoms with Crippen LogP contribution in [0.3, 0.4) is 0 Å². The highest BCUT2D eigenvalue weighted by Crippen LogP contribution is 2.22. The van der Waals surface area contributed by atoms with Crippen LogP contribution < -0.4 is 0 Å². The number of carbonyl (C=O) groups is 1. The summed E-state index contributed by atoms with van der Waals surface area (Å²) in [6.45, 7) is 2.38. The number of hydrogen-bond donors (Lipinski definition) is 4. The third kappa shape index (κ3) is 9.24. The average molecular weight is 583 g/mol. The maximum absolute atomic E-state index is 14.7. The van der Waals surface area contributed by atoms with Crippen molar-refractivity contribution in [1.82, 2.24) is 9.80 Å². The standard InChI is InChI=1S/C36H42N2O5/c1-27(41)35(42)34(22-29-10-6-3-7-11-29)38(24-31-14-18-33(26-40)19-15-31)36(43)37(21-20-28-8-4-2-5-9-28)23-30-12-16-32(25-39)17-13-30/h2-19,27,34-35,39-42H,20-26H2,1H3. The van der Waals surface area contributed by atoms with Gasteiger partial charge in [0.05, 0.1) is 25.4 Å². The van der Waals surface area contributed by atoms with Gasteiger partial charge in [0.1, 0.15) is 6.10 Å². The second-order valence-electron chi connectivity index (χ2n) is 11.0. The van der Waals surface area contributed by atoms with Crippen molar-refractivity contribution in [3.05, 3.63) is 143 Å². The van der Waals surface area contributed by atoms with E-state index in [4.69, 9.17) is 0 Å². The summed E-state index contributed by atoms with van der Waals surface area (Å²) < 4.78 is 0. The third-order valence-corrected chi connectivity index (χ3v) is 7.74. The molecular formula is C36H42N2O5. The average Bonchev–Trinajstić information content (AvgIpc) is 3.05. The lowest BCUT2D eigenvalue weighted by Gasteiger charge is -2.39. The molecular weight excluding hydrogens is 540 g/mol. The molecule has 0 aliphatic rings. The number of urea groups is 1. The van der Waals surface area contributed by atoms with Gasteiger partial charge < -0.3 is 30.2 Å². The molecule has 2 amide bonds. The first kappa shape index (κ1) is 31.9. The summed E-state index contributed by atoms with van der Waals surface area (Å²) in [6.07, 6.45) is -1.27. The summed E-state index contributed by atoms with van der Waals surface area (Å²) in [5.74, 6) is 0. The van der Waals surface area contributed by atoms with Gasteiger partial charge in [-0.1, -0.05) is 109 Å². The van der Waals surface area contributed by atoms with Gasteiger partial charge in [-0.3, -0.25) is 0 Å². The first-order valence-corrected chi connectivity index (χ1v) is 14.7. The number of hydrogen-bond acceptors (Lipinski definition) is 5. The maximum Gasteiger partial charge on any atom is 0.320 e. The molecule has 0 bridgehead atoms. The molecule has 4 aromatic carbocycles. The molecule has 226 valence electrons. The Morgan fingerprint density at radius 3 is 1.58 bits per heavy atom. The van der Waals surface area contributed by atoms with Crippen LogP contribution in [0, 0.1) is 0 Å². The second-order valence-corrected chi connectivity index (χ2v) is 11.0. The van der Waals surface area contributed by atoms with E-state index in [2.05, 4.69) is 0 Å². The van der Waals surface area contributed by atoms with Crippen LogP contribution in [-0.4, -0.2) is 61.1 Å². The Morgan fingerprint density at radius 2 is 1.09 bits per heavy atom. The molecule has 3 unspecified atom stereocenters. The van der Waals surface area contributed by atoms with E-state index in [1.165, 1.54) is 6.92 Å². The Bertz CT molecular complexity index is 1380. The number of nitrogens with zero attached hydrogens (tertiary/aromatic N) is 2. The van der Waals surface area contributed by atoms with Crippen LogP contribution in [0.15, 0.2) is 109 Å². The van der Waals surface area contributed by atoms with E-state index in [1.54, 1.807) is 9.80 Å². The van der Waals surface area contributed by atoms with Crippen molar-refractivity contribution in [1.29, 1.82) is 0 Å². The van der Waals surface area contributed by atoms with Crippen molar-refractivity contribution in [2.45, 2.75) is 64.3 Å². The molecule has 0 radical (unpaired) electrons. The largest absolute Gasteiger partial charge is 0.392 e. The predicted octanol–water partition coefficient (Wildman–Crippen LogP) is 4.69. The van der Waals surface area contributed by atoms with Crippen LogP contribution >= 0.6 is 0 Å². The topological polar surface area (TPSA) is 104 Å². The summed E-state index contributed by atoms with van der Waals surface area (Å²) in [5, 5.41) is 40.9. The molecule has 0 aliphatic carbocycles. The Morgan fingerprint density at radius 1 is 0.628 bits per heavy atom. The fourth-order valence-electron chi connectivity index (χ4n) is 5.17. The molecule has 7 heteroatoms. The quantitative estimate of drug-likeness (QED) is 0.173. The lowest BCUT2D eigenvalue weighted by Crippen LogP contribution is -2.55. The van der Waals surface area contributed by atoms with Gasteiger partial charge in [0.15, 0.2) is 0 Å². The maximum atomic E-state index is 14.7. The Labute approximate surface area is 254 Å². The van der Waals surface area contributed by atoms with E-state index in [-0.39, 0.29) is 25.8 Å². The monoisotopic (exact) mass is 582 g/mol. The van der Waals surface area contributed by atoms with Gasteiger partial charge in [0.25, 0.3) is 0 Å². The summed E-state index contributed by atoms with van der Waals surface area (Å²) in [5.41, 5.74) is 5.37. The predicted molar refractivity (Wildman–Crippen MR) is 168 cm³/mol. The summed E-state index contributed by atoms with van der Waals surface area (Å²) in [7, 11) is 0. The second kappa shape index (κ2) is 16.0. The van der Waals surface area contributed by atoms with Crippen molar-refractivity contribution >= 4 is 6.03 Å². The number of carbonyl (C=O) groups excluding carboxylic acids is 1. The van der Waals surface area contributed by atoms with E-state index in [0.717, 1.165) is 33.4 Å². The first-order valence-electron chi connectivity index (χ1n) is 14.7. The summed E-state index contributed by atoms with van der Waals surface area (Å²) in [6, 6.07) is 33.6. The fourth-order valence-corrected chi connectivity index (χ4v) is 5.17. The molecule has 0 aliphatic heterocycles. The van der Waals surface area contributed by atoms with E-state index in [1.807, 2.05) is 109 Å². The molecule has 0 fully saturated rings. The number of aliphatic hydroxyl groups is 4. The number of aliphatic hydroxyl groups excluding tert-OH is 4.